The number of nitrogens with one attached hydrogen (secondary N) is 1. The number of ether oxygens (including phenoxy) is 1. The Morgan fingerprint density at radius 2 is 1.95 bits per heavy atom. The summed E-state index contributed by atoms with van der Waals surface area (Å²) in [6.45, 7) is 1.35. The van der Waals surface area contributed by atoms with Crippen LogP contribution < -0.4 is 10.1 Å². The van der Waals surface area contributed by atoms with E-state index in [-0.39, 0.29) is 30.8 Å². The molecule has 0 saturated heterocycles. The third kappa shape index (κ3) is 6.77. The van der Waals surface area contributed by atoms with Crippen LogP contribution in [0.3, 0.4) is 0 Å². The first-order valence-corrected chi connectivity index (χ1v) is 12.4. The number of aliphatic imine (C=N–C) groups is 1. The van der Waals surface area contributed by atoms with Gasteiger partial charge in [-0.3, -0.25) is 9.69 Å². The second-order valence-corrected chi connectivity index (χ2v) is 9.69. The predicted octanol–water partition coefficient (Wildman–Crippen LogP) is 4.77. The van der Waals surface area contributed by atoms with Crippen LogP contribution in [-0.2, 0) is 17.9 Å². The fourth-order valence-corrected chi connectivity index (χ4v) is 4.76. The van der Waals surface area contributed by atoms with Crippen molar-refractivity contribution in [2.75, 3.05) is 0 Å². The molecule has 2 atom stereocenters. The Bertz CT molecular complexity index is 1340. The maximum absolute atomic E-state index is 13.1. The Morgan fingerprint density at radius 3 is 2.58 bits per heavy atom. The number of rotatable bonds is 8. The molecule has 1 aromatic heterocycles. The molecule has 0 aliphatic carbocycles. The molecule has 200 valence electrons. The zero-order valence-electron chi connectivity index (χ0n) is 20.1. The van der Waals surface area contributed by atoms with Gasteiger partial charge in [0.2, 0.25) is 0 Å². The lowest BCUT2D eigenvalue weighted by atomic mass is 10.1. The molecule has 2 aromatic carbocycles. The van der Waals surface area contributed by atoms with Crippen LogP contribution in [0.2, 0.25) is 0 Å². The number of alkyl halides is 3. The van der Waals surface area contributed by atoms with Gasteiger partial charge in [-0.2, -0.15) is 4.99 Å². The number of nitrogens with zero attached hydrogens (tertiary/aromatic N) is 2. The molecule has 3 N–H and O–H groups in total. The van der Waals surface area contributed by atoms with Crippen molar-refractivity contribution in [3.05, 3.63) is 76.7 Å². The average molecular weight is 548 g/mol. The molecule has 1 aliphatic heterocycles. The number of benzene rings is 2. The number of halogens is 3. The van der Waals surface area contributed by atoms with Gasteiger partial charge >= 0.3 is 12.4 Å². The Morgan fingerprint density at radius 1 is 1.21 bits per heavy atom. The van der Waals surface area contributed by atoms with E-state index in [1.807, 2.05) is 6.07 Å². The van der Waals surface area contributed by atoms with Crippen LogP contribution in [0.25, 0.3) is 10.4 Å². The number of amides is 3. The summed E-state index contributed by atoms with van der Waals surface area (Å²) in [6, 6.07) is 15.7. The first-order chi connectivity index (χ1) is 18.0. The third-order valence-electron chi connectivity index (χ3n) is 5.73. The number of aliphatic hydroxyl groups is 2. The van der Waals surface area contributed by atoms with Gasteiger partial charge in [-0.1, -0.05) is 42.5 Å². The molecule has 0 bridgehead atoms. The number of hydrogen-bond acceptors (Lipinski definition) is 6. The zero-order valence-corrected chi connectivity index (χ0v) is 20.9. The molecule has 0 spiro atoms. The van der Waals surface area contributed by atoms with E-state index in [1.165, 1.54) is 23.5 Å². The van der Waals surface area contributed by atoms with Gasteiger partial charge in [-0.25, -0.2) is 4.79 Å². The quantitative estimate of drug-likeness (QED) is 0.376. The standard InChI is InChI=1S/C26H24F3N3O5S/c1-15(33)21-9-10-22(38-21)17-7-8-18(20(11-17)37-26(27,28)29)13-30-24(35)19-12-23(34)32(25(36)31-19)14-16-5-3-2-4-6-16/h2-11,15,23,33-34H,12-14H2,1H3,(H,30,35). The fourth-order valence-electron chi connectivity index (χ4n) is 3.82. The van der Waals surface area contributed by atoms with Crippen molar-refractivity contribution < 1.29 is 37.7 Å². The minimum atomic E-state index is -4.97. The lowest BCUT2D eigenvalue weighted by Gasteiger charge is -2.30. The van der Waals surface area contributed by atoms with E-state index in [0.29, 0.717) is 15.3 Å². The topological polar surface area (TPSA) is 111 Å². The lowest BCUT2D eigenvalue weighted by Crippen LogP contribution is -2.46. The van der Waals surface area contributed by atoms with E-state index in [0.717, 1.165) is 10.5 Å². The molecule has 12 heteroatoms. The molecule has 3 amide bonds. The van der Waals surface area contributed by atoms with Gasteiger partial charge in [-0.15, -0.1) is 24.5 Å². The summed E-state index contributed by atoms with van der Waals surface area (Å²) < 4.78 is 43.5. The van der Waals surface area contributed by atoms with E-state index < -0.39 is 36.4 Å². The molecule has 3 aromatic rings. The average Bonchev–Trinajstić information content (AvgIpc) is 3.36. The van der Waals surface area contributed by atoms with Crippen LogP contribution in [0.5, 0.6) is 5.75 Å². The van der Waals surface area contributed by atoms with Crippen molar-refractivity contribution in [2.24, 2.45) is 4.99 Å². The number of carbonyl (C=O) groups is 2. The smallest absolute Gasteiger partial charge is 0.405 e. The molecule has 1 aliphatic rings. The molecule has 0 radical (unpaired) electrons. The molecule has 4 rings (SSSR count). The zero-order chi connectivity index (χ0) is 27.4. The Kier molecular flexibility index (Phi) is 8.14. The van der Waals surface area contributed by atoms with Crippen LogP contribution in [0, 0.1) is 0 Å². The van der Waals surface area contributed by atoms with E-state index in [2.05, 4.69) is 15.0 Å². The molecule has 2 unspecified atom stereocenters. The maximum atomic E-state index is 13.1. The van der Waals surface area contributed by atoms with Crippen molar-refractivity contribution >= 4 is 29.0 Å². The number of carbonyl (C=O) groups excluding carboxylic acids is 2. The monoisotopic (exact) mass is 547 g/mol. The molecule has 8 nitrogen and oxygen atoms in total. The SMILES string of the molecule is CC(O)c1ccc(-c2ccc(CNC(=O)C3=NC(=O)N(Cc4ccccc4)C(O)C3)c(OC(F)(F)F)c2)s1. The maximum Gasteiger partial charge on any atom is 0.573 e. The Hall–Kier alpha value is -3.74. The van der Waals surface area contributed by atoms with Gasteiger partial charge in [0.25, 0.3) is 5.91 Å². The highest BCUT2D eigenvalue weighted by Gasteiger charge is 2.33. The van der Waals surface area contributed by atoms with E-state index in [1.54, 1.807) is 49.4 Å². The lowest BCUT2D eigenvalue weighted by molar-refractivity contribution is -0.274. The summed E-state index contributed by atoms with van der Waals surface area (Å²) >= 11 is 1.23. The number of hydrogen-bond donors (Lipinski definition) is 3. The van der Waals surface area contributed by atoms with Crippen molar-refractivity contribution in [3.63, 3.8) is 0 Å². The summed E-state index contributed by atoms with van der Waals surface area (Å²) in [7, 11) is 0. The van der Waals surface area contributed by atoms with Crippen molar-refractivity contribution in [2.45, 2.75) is 45.1 Å². The van der Waals surface area contributed by atoms with Gasteiger partial charge in [0.1, 0.15) is 17.7 Å². The molecule has 0 fully saturated rings. The third-order valence-corrected chi connectivity index (χ3v) is 7.03. The molecular formula is C26H24F3N3O5S. The van der Waals surface area contributed by atoms with Crippen molar-refractivity contribution in [3.8, 4) is 16.2 Å². The van der Waals surface area contributed by atoms with Gasteiger partial charge < -0.3 is 20.3 Å². The highest BCUT2D eigenvalue weighted by Crippen LogP contribution is 2.36. The summed E-state index contributed by atoms with van der Waals surface area (Å²) in [4.78, 5) is 31.3. The minimum Gasteiger partial charge on any atom is -0.405 e. The summed E-state index contributed by atoms with van der Waals surface area (Å²) in [5.41, 5.74) is 1.03. The molecule has 0 saturated carbocycles. The summed E-state index contributed by atoms with van der Waals surface area (Å²) in [5.74, 6) is -1.29. The Labute approximate surface area is 220 Å². The van der Waals surface area contributed by atoms with Gasteiger partial charge in [0.05, 0.1) is 12.6 Å². The van der Waals surface area contributed by atoms with Crippen molar-refractivity contribution in [1.82, 2.24) is 10.2 Å². The summed E-state index contributed by atoms with van der Waals surface area (Å²) in [6.07, 6.45) is -7.21. The number of aliphatic hydroxyl groups excluding tert-OH is 2. The van der Waals surface area contributed by atoms with Crippen LogP contribution in [-0.4, -0.2) is 45.4 Å². The normalized spacial score (nSPS) is 16.7. The van der Waals surface area contributed by atoms with E-state index in [4.69, 9.17) is 0 Å². The van der Waals surface area contributed by atoms with E-state index >= 15 is 0 Å². The minimum absolute atomic E-state index is 0.0423. The van der Waals surface area contributed by atoms with Crippen LogP contribution in [0.4, 0.5) is 18.0 Å². The second-order valence-electron chi connectivity index (χ2n) is 8.57. The van der Waals surface area contributed by atoms with Crippen LogP contribution in [0.15, 0.2) is 65.7 Å². The molecule has 38 heavy (non-hydrogen) atoms. The number of thiophene rings is 1. The van der Waals surface area contributed by atoms with Gasteiger partial charge in [-0.05, 0) is 36.2 Å². The Balaban J connectivity index is 1.47. The fraction of sp³-hybridized carbons (Fsp3) is 0.269. The van der Waals surface area contributed by atoms with Crippen molar-refractivity contribution in [1.29, 1.82) is 0 Å². The predicted molar refractivity (Wildman–Crippen MR) is 134 cm³/mol. The van der Waals surface area contributed by atoms with E-state index in [9.17, 15) is 33.0 Å². The largest absolute Gasteiger partial charge is 0.573 e. The highest BCUT2D eigenvalue weighted by atomic mass is 32.1. The van der Waals surface area contributed by atoms with Gasteiger partial charge in [0, 0.05) is 28.3 Å². The van der Waals surface area contributed by atoms with Gasteiger partial charge in [0.15, 0.2) is 0 Å². The van der Waals surface area contributed by atoms with Crippen LogP contribution >= 0.6 is 11.3 Å². The molecule has 2 heterocycles. The number of urea groups is 1. The first-order valence-electron chi connectivity index (χ1n) is 11.6. The summed E-state index contributed by atoms with van der Waals surface area (Å²) in [5, 5.41) is 22.6. The molecular weight excluding hydrogens is 523 g/mol. The second kappa shape index (κ2) is 11.3. The van der Waals surface area contributed by atoms with Crippen LogP contribution in [0.1, 0.15) is 35.5 Å². The highest BCUT2D eigenvalue weighted by molar-refractivity contribution is 7.15. The first kappa shape index (κ1) is 27.3.